The van der Waals surface area contributed by atoms with Gasteiger partial charge >= 0.3 is 0 Å². The summed E-state index contributed by atoms with van der Waals surface area (Å²) in [6.07, 6.45) is 0. The van der Waals surface area contributed by atoms with E-state index < -0.39 is 0 Å². The Labute approximate surface area is 132 Å². The van der Waals surface area contributed by atoms with Crippen molar-refractivity contribution in [3.05, 3.63) is 78.4 Å². The zero-order valence-electron chi connectivity index (χ0n) is 11.7. The van der Waals surface area contributed by atoms with E-state index in [0.717, 1.165) is 11.5 Å². The van der Waals surface area contributed by atoms with Crippen LogP contribution in [-0.4, -0.2) is 0 Å². The topological polar surface area (TPSA) is 33.0 Å². The maximum absolute atomic E-state index is 8.99. The molecule has 3 heteroatoms. The van der Waals surface area contributed by atoms with Crippen molar-refractivity contribution < 1.29 is 4.74 Å². The predicted molar refractivity (Wildman–Crippen MR) is 86.3 cm³/mol. The van der Waals surface area contributed by atoms with Crippen molar-refractivity contribution in [3.63, 3.8) is 0 Å². The number of rotatable bonds is 1. The van der Waals surface area contributed by atoms with Crippen molar-refractivity contribution >= 4 is 10.9 Å². The number of nitrogens with zero attached hydrogens (tertiary/aromatic N) is 1. The fourth-order valence-corrected chi connectivity index (χ4v) is 4.77. The molecule has 3 aromatic rings. The first kappa shape index (κ1) is 13.0. The molecule has 1 heterocycles. The fraction of sp³-hybridized carbons (Fsp3) is 0. The highest BCUT2D eigenvalue weighted by atomic mass is 32.2. The average molecular weight is 302 g/mol. The molecule has 0 aliphatic carbocycles. The molecule has 3 aromatic carbocycles. The number of hydrogen-bond donors (Lipinski definition) is 0. The minimum atomic E-state index is -0.203. The van der Waals surface area contributed by atoms with Crippen molar-refractivity contribution in [1.29, 1.82) is 5.26 Å². The largest absolute Gasteiger partial charge is 0.447 e. The van der Waals surface area contributed by atoms with Crippen LogP contribution in [0.25, 0.3) is 0 Å². The molecule has 0 N–H and O–H groups in total. The summed E-state index contributed by atoms with van der Waals surface area (Å²) >= 11 is 0. The SMILES string of the molecule is N#Cc1ccc([S+]2c3ccccc3Oc3ccccc32)cc1. The van der Waals surface area contributed by atoms with Crippen molar-refractivity contribution in [2.75, 3.05) is 0 Å². The summed E-state index contributed by atoms with van der Waals surface area (Å²) in [5.41, 5.74) is 0.683. The van der Waals surface area contributed by atoms with Crippen LogP contribution < -0.4 is 4.74 Å². The average Bonchev–Trinajstić information content (AvgIpc) is 2.60. The van der Waals surface area contributed by atoms with Crippen molar-refractivity contribution in [1.82, 2.24) is 0 Å². The number of para-hydroxylation sites is 2. The van der Waals surface area contributed by atoms with Crippen LogP contribution in [-0.2, 0) is 10.9 Å². The molecular formula is C19H12NOS+. The third-order valence-corrected chi connectivity index (χ3v) is 5.87. The third kappa shape index (κ3) is 2.05. The van der Waals surface area contributed by atoms with Crippen LogP contribution >= 0.6 is 0 Å². The van der Waals surface area contributed by atoms with E-state index in [0.29, 0.717) is 5.56 Å². The van der Waals surface area contributed by atoms with E-state index in [1.807, 2.05) is 60.7 Å². The van der Waals surface area contributed by atoms with E-state index in [9.17, 15) is 0 Å². The maximum atomic E-state index is 8.99. The van der Waals surface area contributed by atoms with Gasteiger partial charge in [-0.3, -0.25) is 0 Å². The Morgan fingerprint density at radius 3 is 1.82 bits per heavy atom. The lowest BCUT2D eigenvalue weighted by atomic mass is 10.2. The van der Waals surface area contributed by atoms with Gasteiger partial charge < -0.3 is 4.74 Å². The number of fused-ring (bicyclic) bond motifs is 2. The standard InChI is InChI=1S/C19H12NOS/c20-13-14-9-11-15(12-10-14)22-18-7-3-1-5-16(18)21-17-6-2-4-8-19(17)22/h1-12H/q+1. The van der Waals surface area contributed by atoms with E-state index >= 15 is 0 Å². The molecule has 0 fully saturated rings. The second-order valence-corrected chi connectivity index (χ2v) is 6.90. The van der Waals surface area contributed by atoms with Gasteiger partial charge in [0.2, 0.25) is 9.79 Å². The molecule has 4 rings (SSSR count). The van der Waals surface area contributed by atoms with Gasteiger partial charge in [0.25, 0.3) is 0 Å². The van der Waals surface area contributed by atoms with Crippen molar-refractivity contribution in [2.24, 2.45) is 0 Å². The molecule has 0 bridgehead atoms. The highest BCUT2D eigenvalue weighted by Gasteiger charge is 2.38. The first-order chi connectivity index (χ1) is 10.9. The summed E-state index contributed by atoms with van der Waals surface area (Å²) in [7, 11) is -0.203. The smallest absolute Gasteiger partial charge is 0.209 e. The Kier molecular flexibility index (Phi) is 3.10. The molecular weight excluding hydrogens is 290 g/mol. The summed E-state index contributed by atoms with van der Waals surface area (Å²) in [5, 5.41) is 8.99. The lowest BCUT2D eigenvalue weighted by molar-refractivity contribution is 0.453. The van der Waals surface area contributed by atoms with Crippen LogP contribution in [0.5, 0.6) is 11.5 Å². The minimum absolute atomic E-state index is 0.203. The van der Waals surface area contributed by atoms with E-state index in [1.54, 1.807) is 0 Å². The second kappa shape index (κ2) is 5.25. The molecule has 0 saturated carbocycles. The van der Waals surface area contributed by atoms with Gasteiger partial charge in [0.15, 0.2) is 16.4 Å². The quantitative estimate of drug-likeness (QED) is 0.475. The van der Waals surface area contributed by atoms with E-state index in [1.165, 1.54) is 14.7 Å². The molecule has 0 unspecified atom stereocenters. The van der Waals surface area contributed by atoms with Crippen molar-refractivity contribution in [2.45, 2.75) is 14.7 Å². The van der Waals surface area contributed by atoms with Gasteiger partial charge in [-0.1, -0.05) is 24.3 Å². The lowest BCUT2D eigenvalue weighted by Crippen LogP contribution is -2.12. The molecule has 0 spiro atoms. The van der Waals surface area contributed by atoms with Gasteiger partial charge in [0, 0.05) is 0 Å². The lowest BCUT2D eigenvalue weighted by Gasteiger charge is -2.19. The Morgan fingerprint density at radius 2 is 1.27 bits per heavy atom. The van der Waals surface area contributed by atoms with Gasteiger partial charge in [-0.15, -0.1) is 0 Å². The van der Waals surface area contributed by atoms with Gasteiger partial charge in [0.05, 0.1) is 11.6 Å². The molecule has 0 aromatic heterocycles. The van der Waals surface area contributed by atoms with E-state index in [-0.39, 0.29) is 10.9 Å². The summed E-state index contributed by atoms with van der Waals surface area (Å²) in [5.74, 6) is 1.82. The fourth-order valence-electron chi connectivity index (χ4n) is 2.56. The summed E-state index contributed by atoms with van der Waals surface area (Å²) in [6.45, 7) is 0. The van der Waals surface area contributed by atoms with Gasteiger partial charge in [0.1, 0.15) is 10.9 Å². The Hall–Kier alpha value is -2.70. The van der Waals surface area contributed by atoms with Crippen LogP contribution in [0.2, 0.25) is 0 Å². The Bertz CT molecular complexity index is 835. The van der Waals surface area contributed by atoms with E-state index in [4.69, 9.17) is 10.00 Å². The highest BCUT2D eigenvalue weighted by Crippen LogP contribution is 2.46. The summed E-state index contributed by atoms with van der Waals surface area (Å²) in [4.78, 5) is 3.57. The zero-order chi connectivity index (χ0) is 14.9. The molecule has 1 aliphatic heterocycles. The zero-order valence-corrected chi connectivity index (χ0v) is 12.5. The number of nitriles is 1. The normalized spacial score (nSPS) is 12.7. The minimum Gasteiger partial charge on any atom is -0.447 e. The molecule has 0 amide bonds. The molecule has 1 aliphatic rings. The first-order valence-corrected chi connectivity index (χ1v) is 8.20. The molecule has 22 heavy (non-hydrogen) atoms. The third-order valence-electron chi connectivity index (χ3n) is 3.58. The number of ether oxygens (including phenoxy) is 1. The monoisotopic (exact) mass is 302 g/mol. The molecule has 0 atom stereocenters. The molecule has 0 radical (unpaired) electrons. The van der Waals surface area contributed by atoms with Crippen LogP contribution in [0, 0.1) is 11.3 Å². The van der Waals surface area contributed by atoms with Crippen molar-refractivity contribution in [3.8, 4) is 17.6 Å². The second-order valence-electron chi connectivity index (χ2n) is 4.94. The molecule has 0 saturated heterocycles. The van der Waals surface area contributed by atoms with Gasteiger partial charge in [-0.25, -0.2) is 0 Å². The van der Waals surface area contributed by atoms with Crippen LogP contribution in [0.1, 0.15) is 5.56 Å². The summed E-state index contributed by atoms with van der Waals surface area (Å²) in [6, 6.07) is 26.3. The molecule has 104 valence electrons. The van der Waals surface area contributed by atoms with Crippen LogP contribution in [0.3, 0.4) is 0 Å². The maximum Gasteiger partial charge on any atom is 0.209 e. The van der Waals surface area contributed by atoms with E-state index in [2.05, 4.69) is 18.2 Å². The highest BCUT2D eigenvalue weighted by molar-refractivity contribution is 7.97. The number of hydrogen-bond acceptors (Lipinski definition) is 2. The number of benzene rings is 3. The summed E-state index contributed by atoms with van der Waals surface area (Å²) < 4.78 is 6.03. The van der Waals surface area contributed by atoms with Gasteiger partial charge in [-0.05, 0) is 48.5 Å². The van der Waals surface area contributed by atoms with Crippen LogP contribution in [0.15, 0.2) is 87.5 Å². The van der Waals surface area contributed by atoms with Crippen LogP contribution in [0.4, 0.5) is 0 Å². The Morgan fingerprint density at radius 1 is 0.727 bits per heavy atom. The first-order valence-electron chi connectivity index (χ1n) is 6.97. The predicted octanol–water partition coefficient (Wildman–Crippen LogP) is 4.76. The Balaban J connectivity index is 1.92. The molecule has 2 nitrogen and oxygen atoms in total. The van der Waals surface area contributed by atoms with Gasteiger partial charge in [-0.2, -0.15) is 5.26 Å².